The molecule has 0 saturated heterocycles. The molecule has 2 aromatic rings. The van der Waals surface area contributed by atoms with Crippen molar-refractivity contribution in [3.63, 3.8) is 0 Å². The molecule has 0 aliphatic heterocycles. The van der Waals surface area contributed by atoms with Gasteiger partial charge in [-0.1, -0.05) is 30.3 Å². The van der Waals surface area contributed by atoms with Crippen molar-refractivity contribution in [2.24, 2.45) is 0 Å². The van der Waals surface area contributed by atoms with Crippen LogP contribution in [0.5, 0.6) is 0 Å². The van der Waals surface area contributed by atoms with E-state index in [0.29, 0.717) is 24.3 Å². The Morgan fingerprint density at radius 2 is 1.54 bits per heavy atom. The molecule has 0 heterocycles. The highest BCUT2D eigenvalue weighted by atomic mass is 16.2. The fourth-order valence-electron chi connectivity index (χ4n) is 2.16. The Morgan fingerprint density at radius 1 is 0.885 bits per heavy atom. The lowest BCUT2D eigenvalue weighted by Gasteiger charge is -2.05. The summed E-state index contributed by atoms with van der Waals surface area (Å²) in [6.45, 7) is 2.13. The van der Waals surface area contributed by atoms with Crippen molar-refractivity contribution in [2.45, 2.75) is 6.92 Å². The van der Waals surface area contributed by atoms with Crippen molar-refractivity contribution in [3.05, 3.63) is 71.8 Å². The maximum absolute atomic E-state index is 11.8. The minimum atomic E-state index is -0.245. The summed E-state index contributed by atoms with van der Waals surface area (Å²) in [4.78, 5) is 34.6. The van der Waals surface area contributed by atoms with Crippen molar-refractivity contribution in [2.75, 3.05) is 18.4 Å². The van der Waals surface area contributed by atoms with Crippen LogP contribution in [0.15, 0.2) is 60.7 Å². The maximum Gasteiger partial charge on any atom is 0.251 e. The molecule has 26 heavy (non-hydrogen) atoms. The molecule has 6 heteroatoms. The zero-order chi connectivity index (χ0) is 18.8. The average Bonchev–Trinajstić information content (AvgIpc) is 2.65. The summed E-state index contributed by atoms with van der Waals surface area (Å²) in [5.41, 5.74) is 2.13. The van der Waals surface area contributed by atoms with Crippen LogP contribution in [0.3, 0.4) is 0 Å². The van der Waals surface area contributed by atoms with Crippen LogP contribution in [0.25, 0.3) is 6.08 Å². The second-order valence-electron chi connectivity index (χ2n) is 5.55. The van der Waals surface area contributed by atoms with Crippen molar-refractivity contribution in [3.8, 4) is 0 Å². The topological polar surface area (TPSA) is 87.3 Å². The first-order valence-electron chi connectivity index (χ1n) is 8.21. The second kappa shape index (κ2) is 9.78. The lowest BCUT2D eigenvalue weighted by atomic mass is 10.2. The molecule has 2 rings (SSSR count). The van der Waals surface area contributed by atoms with Gasteiger partial charge in [0, 0.05) is 37.3 Å². The molecule has 6 nitrogen and oxygen atoms in total. The molecular weight excluding hydrogens is 330 g/mol. The Balaban J connectivity index is 1.70. The van der Waals surface area contributed by atoms with Crippen LogP contribution in [-0.2, 0) is 9.59 Å². The van der Waals surface area contributed by atoms with Crippen LogP contribution < -0.4 is 16.0 Å². The molecule has 0 aromatic heterocycles. The molecule has 0 saturated carbocycles. The van der Waals surface area contributed by atoms with Gasteiger partial charge < -0.3 is 16.0 Å². The molecule has 3 amide bonds. The largest absolute Gasteiger partial charge is 0.351 e. The summed E-state index contributed by atoms with van der Waals surface area (Å²) < 4.78 is 0. The predicted octanol–water partition coefficient (Wildman–Crippen LogP) is 2.20. The third-order valence-corrected chi connectivity index (χ3v) is 3.40. The predicted molar refractivity (Wildman–Crippen MR) is 102 cm³/mol. The maximum atomic E-state index is 11.8. The summed E-state index contributed by atoms with van der Waals surface area (Å²) in [6.07, 6.45) is 3.10. The molecule has 2 aromatic carbocycles. The molecule has 134 valence electrons. The number of benzene rings is 2. The first-order valence-corrected chi connectivity index (χ1v) is 8.21. The van der Waals surface area contributed by atoms with E-state index in [1.807, 2.05) is 6.07 Å². The molecular formula is C20H21N3O3. The third kappa shape index (κ3) is 6.60. The fourth-order valence-corrected chi connectivity index (χ4v) is 2.16. The fraction of sp³-hybridized carbons (Fsp3) is 0.150. The van der Waals surface area contributed by atoms with E-state index < -0.39 is 0 Å². The van der Waals surface area contributed by atoms with Gasteiger partial charge >= 0.3 is 0 Å². The summed E-state index contributed by atoms with van der Waals surface area (Å²) in [5, 5.41) is 8.11. The molecule has 3 N–H and O–H groups in total. The van der Waals surface area contributed by atoms with Gasteiger partial charge in [0.2, 0.25) is 11.8 Å². The van der Waals surface area contributed by atoms with Gasteiger partial charge in [-0.2, -0.15) is 0 Å². The van der Waals surface area contributed by atoms with Gasteiger partial charge in [-0.3, -0.25) is 14.4 Å². The monoisotopic (exact) mass is 351 g/mol. The van der Waals surface area contributed by atoms with E-state index in [-0.39, 0.29) is 17.7 Å². The Bertz CT molecular complexity index is 784. The van der Waals surface area contributed by atoms with Crippen LogP contribution in [0.2, 0.25) is 0 Å². The quantitative estimate of drug-likeness (QED) is 0.528. The number of hydrogen-bond donors (Lipinski definition) is 3. The van der Waals surface area contributed by atoms with Gasteiger partial charge in [0.1, 0.15) is 0 Å². The molecule has 0 unspecified atom stereocenters. The van der Waals surface area contributed by atoms with Crippen LogP contribution in [0.4, 0.5) is 5.69 Å². The summed E-state index contributed by atoms with van der Waals surface area (Å²) >= 11 is 0. The van der Waals surface area contributed by atoms with Gasteiger partial charge in [0.05, 0.1) is 0 Å². The third-order valence-electron chi connectivity index (χ3n) is 3.40. The van der Waals surface area contributed by atoms with Crippen molar-refractivity contribution in [1.29, 1.82) is 0 Å². The number of hydrogen-bond acceptors (Lipinski definition) is 3. The Kier molecular flexibility index (Phi) is 7.12. The smallest absolute Gasteiger partial charge is 0.251 e. The zero-order valence-electron chi connectivity index (χ0n) is 14.5. The highest BCUT2D eigenvalue weighted by Gasteiger charge is 2.03. The lowest BCUT2D eigenvalue weighted by molar-refractivity contribution is -0.116. The second-order valence-corrected chi connectivity index (χ2v) is 5.55. The highest BCUT2D eigenvalue weighted by molar-refractivity contribution is 5.94. The summed E-state index contributed by atoms with van der Waals surface area (Å²) in [7, 11) is 0. The Labute approximate surface area is 152 Å². The number of amides is 3. The first kappa shape index (κ1) is 18.9. The van der Waals surface area contributed by atoms with Crippen LogP contribution >= 0.6 is 0 Å². The van der Waals surface area contributed by atoms with E-state index in [0.717, 1.165) is 5.56 Å². The molecule has 0 aliphatic rings. The number of rotatable bonds is 7. The van der Waals surface area contributed by atoms with Gasteiger partial charge in [0.15, 0.2) is 0 Å². The van der Waals surface area contributed by atoms with Crippen LogP contribution in [0, 0.1) is 0 Å². The van der Waals surface area contributed by atoms with Crippen molar-refractivity contribution in [1.82, 2.24) is 10.6 Å². The Morgan fingerprint density at radius 3 is 2.19 bits per heavy atom. The molecule has 0 spiro atoms. The number of carbonyl (C=O) groups is 3. The van der Waals surface area contributed by atoms with Gasteiger partial charge in [0.25, 0.3) is 5.91 Å². The van der Waals surface area contributed by atoms with E-state index in [1.54, 1.807) is 54.6 Å². The minimum Gasteiger partial charge on any atom is -0.351 e. The van der Waals surface area contributed by atoms with Crippen LogP contribution in [-0.4, -0.2) is 30.8 Å². The first-order chi connectivity index (χ1) is 12.5. The number of carbonyl (C=O) groups excluding carboxylic acids is 3. The molecule has 0 radical (unpaired) electrons. The minimum absolute atomic E-state index is 0.132. The van der Waals surface area contributed by atoms with Gasteiger partial charge in [-0.25, -0.2) is 0 Å². The number of anilines is 1. The van der Waals surface area contributed by atoms with Crippen molar-refractivity contribution >= 4 is 29.5 Å². The Hall–Kier alpha value is -3.41. The number of nitrogens with one attached hydrogen (secondary N) is 3. The van der Waals surface area contributed by atoms with Gasteiger partial charge in [-0.15, -0.1) is 0 Å². The molecule has 0 aliphatic carbocycles. The van der Waals surface area contributed by atoms with E-state index in [2.05, 4.69) is 16.0 Å². The van der Waals surface area contributed by atoms with E-state index in [9.17, 15) is 14.4 Å². The lowest BCUT2D eigenvalue weighted by Crippen LogP contribution is -2.33. The van der Waals surface area contributed by atoms with Gasteiger partial charge in [-0.05, 0) is 35.9 Å². The van der Waals surface area contributed by atoms with E-state index in [4.69, 9.17) is 0 Å². The summed E-state index contributed by atoms with van der Waals surface area (Å²) in [6, 6.07) is 16.0. The molecule has 0 bridgehead atoms. The van der Waals surface area contributed by atoms with Crippen LogP contribution in [0.1, 0.15) is 22.8 Å². The highest BCUT2D eigenvalue weighted by Crippen LogP contribution is 2.10. The van der Waals surface area contributed by atoms with Crippen molar-refractivity contribution < 1.29 is 14.4 Å². The summed E-state index contributed by atoms with van der Waals surface area (Å²) in [5.74, 6) is -0.549. The molecule has 0 fully saturated rings. The van der Waals surface area contributed by atoms with E-state index in [1.165, 1.54) is 13.0 Å². The normalized spacial score (nSPS) is 10.3. The SMILES string of the molecule is CC(=O)Nc1ccc(/C=C/C(=O)NCCNC(=O)c2ccccc2)cc1. The zero-order valence-corrected chi connectivity index (χ0v) is 14.5. The van der Waals surface area contributed by atoms with E-state index >= 15 is 0 Å². The standard InChI is InChI=1S/C20H21N3O3/c1-15(24)23-18-10-7-16(8-11-18)9-12-19(25)21-13-14-22-20(26)17-5-3-2-4-6-17/h2-12H,13-14H2,1H3,(H,21,25)(H,22,26)(H,23,24)/b12-9+. The average molecular weight is 351 g/mol. The molecule has 0 atom stereocenters.